The maximum Gasteiger partial charge on any atom is 0.223 e. The molecule has 0 saturated heterocycles. The number of halogens is 1. The Balaban J connectivity index is 1.70. The van der Waals surface area contributed by atoms with Crippen LogP contribution in [-0.4, -0.2) is 33.0 Å². The summed E-state index contributed by atoms with van der Waals surface area (Å²) in [7, 11) is 0. The van der Waals surface area contributed by atoms with Crippen LogP contribution in [0.2, 0.25) is 0 Å². The first-order valence-corrected chi connectivity index (χ1v) is 10.7. The van der Waals surface area contributed by atoms with E-state index in [4.69, 9.17) is 4.74 Å². The van der Waals surface area contributed by atoms with Gasteiger partial charge in [0, 0.05) is 23.7 Å². The molecule has 2 aromatic heterocycles. The molecule has 0 unspecified atom stereocenters. The molecule has 8 heteroatoms. The number of aryl methyl sites for hydroxylation is 1. The van der Waals surface area contributed by atoms with Gasteiger partial charge in [-0.3, -0.25) is 4.79 Å². The number of hydrogen-bond acceptors (Lipinski definition) is 5. The predicted molar refractivity (Wildman–Crippen MR) is 118 cm³/mol. The van der Waals surface area contributed by atoms with Crippen LogP contribution in [0.1, 0.15) is 45.4 Å². The summed E-state index contributed by atoms with van der Waals surface area (Å²) in [4.78, 5) is 24.8. The number of fused-ring (bicyclic) bond motifs is 3. The second-order valence-electron chi connectivity index (χ2n) is 8.56. The number of anilines is 2. The summed E-state index contributed by atoms with van der Waals surface area (Å²) in [5.74, 6) is 0.639. The standard InChI is InChI=1S/C23H28FN5O2/c1-12(2)27-23(30)14-5-7-17-16(9-14)20-21(28-17)25-11-26-22(20)29-18-8-6-15(24)10-19(18)31-13(3)4/h6,8,10-14H,5,7,9H2,1-4H3,(H,27,30)(H2,25,26,28,29)/t14-/m0/s1. The topological polar surface area (TPSA) is 91.9 Å². The van der Waals surface area contributed by atoms with E-state index in [1.807, 2.05) is 27.7 Å². The summed E-state index contributed by atoms with van der Waals surface area (Å²) in [6.07, 6.45) is 3.57. The van der Waals surface area contributed by atoms with Gasteiger partial charge in [0.15, 0.2) is 0 Å². The molecule has 1 amide bonds. The van der Waals surface area contributed by atoms with Gasteiger partial charge >= 0.3 is 0 Å². The third-order valence-corrected chi connectivity index (χ3v) is 5.34. The minimum atomic E-state index is -0.368. The number of amides is 1. The van der Waals surface area contributed by atoms with Crippen molar-refractivity contribution in [3.8, 4) is 5.75 Å². The molecule has 0 saturated carbocycles. The van der Waals surface area contributed by atoms with Crippen molar-refractivity contribution in [2.45, 2.75) is 59.1 Å². The summed E-state index contributed by atoms with van der Waals surface area (Å²) < 4.78 is 19.6. The fourth-order valence-corrected chi connectivity index (χ4v) is 4.04. The van der Waals surface area contributed by atoms with Crippen molar-refractivity contribution in [2.24, 2.45) is 5.92 Å². The number of rotatable bonds is 6. The first-order valence-electron chi connectivity index (χ1n) is 10.7. The van der Waals surface area contributed by atoms with Crippen LogP contribution in [0.15, 0.2) is 24.5 Å². The molecule has 0 radical (unpaired) electrons. The van der Waals surface area contributed by atoms with Crippen LogP contribution in [0, 0.1) is 11.7 Å². The van der Waals surface area contributed by atoms with E-state index < -0.39 is 0 Å². The third-order valence-electron chi connectivity index (χ3n) is 5.34. The lowest BCUT2D eigenvalue weighted by Gasteiger charge is -2.23. The van der Waals surface area contributed by atoms with Crippen molar-refractivity contribution >= 4 is 28.4 Å². The molecular weight excluding hydrogens is 397 g/mol. The van der Waals surface area contributed by atoms with Crippen molar-refractivity contribution < 1.29 is 13.9 Å². The summed E-state index contributed by atoms with van der Waals surface area (Å²) in [6, 6.07) is 4.49. The molecule has 1 atom stereocenters. The Morgan fingerprint density at radius 3 is 2.81 bits per heavy atom. The molecule has 0 spiro atoms. The molecule has 1 aliphatic rings. The van der Waals surface area contributed by atoms with Crippen molar-refractivity contribution in [3.05, 3.63) is 41.6 Å². The highest BCUT2D eigenvalue weighted by Gasteiger charge is 2.29. The Kier molecular flexibility index (Phi) is 5.80. The van der Waals surface area contributed by atoms with Crippen LogP contribution in [0.3, 0.4) is 0 Å². The minimum Gasteiger partial charge on any atom is -0.489 e. The summed E-state index contributed by atoms with van der Waals surface area (Å²) >= 11 is 0. The van der Waals surface area contributed by atoms with Crippen LogP contribution in [0.5, 0.6) is 5.75 Å². The highest BCUT2D eigenvalue weighted by atomic mass is 19.1. The number of benzene rings is 1. The van der Waals surface area contributed by atoms with E-state index >= 15 is 0 Å². The third kappa shape index (κ3) is 4.47. The Morgan fingerprint density at radius 1 is 1.26 bits per heavy atom. The van der Waals surface area contributed by atoms with Gasteiger partial charge in [0.25, 0.3) is 0 Å². The molecule has 31 heavy (non-hydrogen) atoms. The van der Waals surface area contributed by atoms with Gasteiger partial charge in [0.2, 0.25) is 5.91 Å². The number of carbonyl (C=O) groups is 1. The molecular formula is C23H28FN5O2. The number of nitrogens with one attached hydrogen (secondary N) is 3. The normalized spacial score (nSPS) is 15.9. The average Bonchev–Trinajstić information content (AvgIpc) is 3.07. The van der Waals surface area contributed by atoms with E-state index in [-0.39, 0.29) is 29.8 Å². The molecule has 1 aliphatic carbocycles. The van der Waals surface area contributed by atoms with E-state index in [1.54, 1.807) is 6.07 Å². The van der Waals surface area contributed by atoms with Crippen molar-refractivity contribution in [3.63, 3.8) is 0 Å². The number of carbonyl (C=O) groups excluding carboxylic acids is 1. The van der Waals surface area contributed by atoms with Gasteiger partial charge in [0.1, 0.15) is 29.4 Å². The zero-order valence-corrected chi connectivity index (χ0v) is 18.3. The SMILES string of the molecule is CC(C)NC(=O)[C@H]1CCc2[nH]c3ncnc(Nc4ccc(F)cc4OC(C)C)c3c2C1. The molecule has 4 rings (SSSR count). The maximum atomic E-state index is 13.8. The smallest absolute Gasteiger partial charge is 0.223 e. The number of hydrogen-bond donors (Lipinski definition) is 3. The second kappa shape index (κ2) is 8.53. The Bertz CT molecular complexity index is 1110. The van der Waals surface area contributed by atoms with E-state index in [0.29, 0.717) is 23.7 Å². The van der Waals surface area contributed by atoms with Crippen LogP contribution in [-0.2, 0) is 17.6 Å². The average molecular weight is 426 g/mol. The lowest BCUT2D eigenvalue weighted by Crippen LogP contribution is -2.37. The lowest BCUT2D eigenvalue weighted by atomic mass is 9.86. The number of aromatic nitrogens is 3. The van der Waals surface area contributed by atoms with Crippen LogP contribution >= 0.6 is 0 Å². The molecule has 0 bridgehead atoms. The highest BCUT2D eigenvalue weighted by Crippen LogP contribution is 2.37. The van der Waals surface area contributed by atoms with E-state index in [1.165, 1.54) is 18.5 Å². The molecule has 0 fully saturated rings. The fourth-order valence-electron chi connectivity index (χ4n) is 4.04. The first-order chi connectivity index (χ1) is 14.8. The Labute approximate surface area is 180 Å². The van der Waals surface area contributed by atoms with E-state index in [9.17, 15) is 9.18 Å². The van der Waals surface area contributed by atoms with Crippen LogP contribution < -0.4 is 15.4 Å². The molecule has 3 N–H and O–H groups in total. The molecule has 7 nitrogen and oxygen atoms in total. The van der Waals surface area contributed by atoms with Gasteiger partial charge in [-0.1, -0.05) is 0 Å². The fraction of sp³-hybridized carbons (Fsp3) is 0.435. The Hall–Kier alpha value is -3.16. The molecule has 3 aromatic rings. The van der Waals surface area contributed by atoms with Crippen molar-refractivity contribution in [2.75, 3.05) is 5.32 Å². The number of aromatic amines is 1. The predicted octanol–water partition coefficient (Wildman–Crippen LogP) is 4.26. The van der Waals surface area contributed by atoms with Gasteiger partial charge in [-0.2, -0.15) is 0 Å². The lowest BCUT2D eigenvalue weighted by molar-refractivity contribution is -0.125. The van der Waals surface area contributed by atoms with Gasteiger partial charge in [-0.25, -0.2) is 14.4 Å². The quantitative estimate of drug-likeness (QED) is 0.549. The largest absolute Gasteiger partial charge is 0.489 e. The van der Waals surface area contributed by atoms with Gasteiger partial charge in [-0.15, -0.1) is 0 Å². The zero-order chi connectivity index (χ0) is 22.1. The number of ether oxygens (including phenoxy) is 1. The monoisotopic (exact) mass is 425 g/mol. The van der Waals surface area contributed by atoms with E-state index in [2.05, 4.69) is 25.6 Å². The number of nitrogens with zero attached hydrogens (tertiary/aromatic N) is 2. The first kappa shape index (κ1) is 21.1. The highest BCUT2D eigenvalue weighted by molar-refractivity contribution is 5.94. The van der Waals surface area contributed by atoms with Gasteiger partial charge < -0.3 is 20.4 Å². The minimum absolute atomic E-state index is 0.0764. The van der Waals surface area contributed by atoms with E-state index in [0.717, 1.165) is 35.1 Å². The van der Waals surface area contributed by atoms with Crippen LogP contribution in [0.4, 0.5) is 15.9 Å². The zero-order valence-electron chi connectivity index (χ0n) is 18.3. The Morgan fingerprint density at radius 2 is 2.06 bits per heavy atom. The van der Waals surface area contributed by atoms with Gasteiger partial charge in [0.05, 0.1) is 17.2 Å². The second-order valence-corrected chi connectivity index (χ2v) is 8.56. The maximum absolute atomic E-state index is 13.8. The summed E-state index contributed by atoms with van der Waals surface area (Å²) in [6.45, 7) is 7.71. The molecule has 1 aromatic carbocycles. The molecule has 2 heterocycles. The summed E-state index contributed by atoms with van der Waals surface area (Å²) in [5.41, 5.74) is 3.49. The van der Waals surface area contributed by atoms with Gasteiger partial charge in [-0.05, 0) is 64.7 Å². The molecule has 164 valence electrons. The number of H-pyrrole nitrogens is 1. The van der Waals surface area contributed by atoms with Crippen molar-refractivity contribution in [1.29, 1.82) is 0 Å². The summed E-state index contributed by atoms with van der Waals surface area (Å²) in [5, 5.41) is 7.18. The molecule has 0 aliphatic heterocycles. The van der Waals surface area contributed by atoms with Crippen molar-refractivity contribution in [1.82, 2.24) is 20.3 Å². The van der Waals surface area contributed by atoms with Crippen LogP contribution in [0.25, 0.3) is 11.0 Å².